The number of benzene rings is 1. The standard InChI is InChI=1S/C12H11ClN4O3/c1-16(8-4-3-5-9(6-8)20-2)12-10(17(18)19)11(13)14-7-15-12/h3-7H,1-2H3. The highest BCUT2D eigenvalue weighted by Gasteiger charge is 2.25. The minimum atomic E-state index is -0.603. The summed E-state index contributed by atoms with van der Waals surface area (Å²) in [5.74, 6) is 0.750. The smallest absolute Gasteiger partial charge is 0.348 e. The van der Waals surface area contributed by atoms with Crippen LogP contribution in [0.5, 0.6) is 5.75 Å². The number of aromatic nitrogens is 2. The van der Waals surface area contributed by atoms with Gasteiger partial charge in [-0.2, -0.15) is 0 Å². The van der Waals surface area contributed by atoms with Gasteiger partial charge in [-0.3, -0.25) is 10.1 Å². The first kappa shape index (κ1) is 14.0. The fourth-order valence-electron chi connectivity index (χ4n) is 1.69. The molecule has 0 fully saturated rings. The second-order valence-corrected chi connectivity index (χ2v) is 4.21. The molecule has 0 unspecified atom stereocenters. The van der Waals surface area contributed by atoms with Crippen LogP contribution in [0.1, 0.15) is 0 Å². The Morgan fingerprint density at radius 3 is 2.80 bits per heavy atom. The molecule has 2 aromatic rings. The monoisotopic (exact) mass is 294 g/mol. The second kappa shape index (κ2) is 5.70. The van der Waals surface area contributed by atoms with Crippen LogP contribution < -0.4 is 9.64 Å². The van der Waals surface area contributed by atoms with E-state index in [1.165, 1.54) is 6.33 Å². The van der Waals surface area contributed by atoms with Crippen molar-refractivity contribution in [1.82, 2.24) is 9.97 Å². The Labute approximate surface area is 119 Å². The average Bonchev–Trinajstić information content (AvgIpc) is 2.45. The van der Waals surface area contributed by atoms with E-state index < -0.39 is 4.92 Å². The van der Waals surface area contributed by atoms with Crippen LogP contribution in [0.3, 0.4) is 0 Å². The van der Waals surface area contributed by atoms with Gasteiger partial charge in [-0.05, 0) is 12.1 Å². The molecule has 1 aromatic heterocycles. The van der Waals surface area contributed by atoms with Crippen LogP contribution in [0.15, 0.2) is 30.6 Å². The molecule has 0 aliphatic carbocycles. The van der Waals surface area contributed by atoms with Crippen molar-refractivity contribution in [1.29, 1.82) is 0 Å². The molecule has 0 aliphatic rings. The Morgan fingerprint density at radius 1 is 1.40 bits per heavy atom. The Kier molecular flexibility index (Phi) is 3.99. The predicted octanol–water partition coefficient (Wildman–Crippen LogP) is 2.81. The molecule has 0 N–H and O–H groups in total. The molecule has 0 spiro atoms. The van der Waals surface area contributed by atoms with Gasteiger partial charge in [0.2, 0.25) is 11.0 Å². The maximum absolute atomic E-state index is 11.1. The van der Waals surface area contributed by atoms with Gasteiger partial charge in [0, 0.05) is 18.8 Å². The third kappa shape index (κ3) is 2.62. The first-order valence-corrected chi connectivity index (χ1v) is 5.95. The van der Waals surface area contributed by atoms with Crippen molar-refractivity contribution in [2.45, 2.75) is 0 Å². The first-order valence-electron chi connectivity index (χ1n) is 5.57. The van der Waals surface area contributed by atoms with Crippen LogP contribution in [0.4, 0.5) is 17.2 Å². The number of ether oxygens (including phenoxy) is 1. The number of halogens is 1. The van der Waals surface area contributed by atoms with Crippen LogP contribution >= 0.6 is 11.6 Å². The van der Waals surface area contributed by atoms with Crippen molar-refractivity contribution in [3.8, 4) is 5.75 Å². The Morgan fingerprint density at radius 2 is 2.15 bits per heavy atom. The molecule has 0 aliphatic heterocycles. The van der Waals surface area contributed by atoms with Crippen LogP contribution in [-0.2, 0) is 0 Å². The molecule has 0 atom stereocenters. The molecule has 0 bridgehead atoms. The minimum absolute atomic E-state index is 0.114. The van der Waals surface area contributed by atoms with Crippen LogP contribution in [0, 0.1) is 10.1 Å². The largest absolute Gasteiger partial charge is 0.497 e. The molecule has 0 saturated carbocycles. The maximum Gasteiger partial charge on any atom is 0.348 e. The molecular formula is C12H11ClN4O3. The van der Waals surface area contributed by atoms with E-state index in [-0.39, 0.29) is 16.7 Å². The van der Waals surface area contributed by atoms with E-state index in [0.29, 0.717) is 11.4 Å². The summed E-state index contributed by atoms with van der Waals surface area (Å²) in [5, 5.41) is 10.9. The highest BCUT2D eigenvalue weighted by atomic mass is 35.5. The van der Waals surface area contributed by atoms with Crippen LogP contribution in [0.25, 0.3) is 0 Å². The summed E-state index contributed by atoms with van der Waals surface area (Å²) in [7, 11) is 3.20. The zero-order valence-corrected chi connectivity index (χ0v) is 11.5. The number of rotatable bonds is 4. The van der Waals surface area contributed by atoms with Gasteiger partial charge in [-0.1, -0.05) is 17.7 Å². The van der Waals surface area contributed by atoms with Crippen molar-refractivity contribution in [2.24, 2.45) is 0 Å². The number of hydrogen-bond acceptors (Lipinski definition) is 6. The predicted molar refractivity (Wildman–Crippen MR) is 74.8 cm³/mol. The summed E-state index contributed by atoms with van der Waals surface area (Å²) in [4.78, 5) is 19.6. The summed E-state index contributed by atoms with van der Waals surface area (Å²) in [6, 6.07) is 7.07. The fourth-order valence-corrected chi connectivity index (χ4v) is 1.89. The average molecular weight is 295 g/mol. The van der Waals surface area contributed by atoms with Gasteiger partial charge in [-0.15, -0.1) is 0 Å². The molecule has 0 radical (unpaired) electrons. The van der Waals surface area contributed by atoms with E-state index in [0.717, 1.165) is 0 Å². The van der Waals surface area contributed by atoms with Crippen LogP contribution in [-0.4, -0.2) is 29.0 Å². The van der Waals surface area contributed by atoms with Gasteiger partial charge in [0.15, 0.2) is 0 Å². The number of methoxy groups -OCH3 is 1. The second-order valence-electron chi connectivity index (χ2n) is 3.85. The molecule has 1 heterocycles. The lowest BCUT2D eigenvalue weighted by atomic mass is 10.2. The fraction of sp³-hybridized carbons (Fsp3) is 0.167. The quantitative estimate of drug-likeness (QED) is 0.490. The summed E-state index contributed by atoms with van der Waals surface area (Å²) in [6.45, 7) is 0. The maximum atomic E-state index is 11.1. The molecule has 8 heteroatoms. The van der Waals surface area contributed by atoms with E-state index in [4.69, 9.17) is 16.3 Å². The van der Waals surface area contributed by atoms with Gasteiger partial charge in [-0.25, -0.2) is 9.97 Å². The molecule has 2 rings (SSSR count). The Bertz CT molecular complexity index is 650. The molecule has 1 aromatic carbocycles. The molecule has 20 heavy (non-hydrogen) atoms. The number of nitro groups is 1. The van der Waals surface area contributed by atoms with E-state index in [1.54, 1.807) is 43.3 Å². The summed E-state index contributed by atoms with van der Waals surface area (Å²) in [5.41, 5.74) is 0.349. The van der Waals surface area contributed by atoms with Gasteiger partial charge >= 0.3 is 5.69 Å². The van der Waals surface area contributed by atoms with Crippen molar-refractivity contribution >= 4 is 28.8 Å². The number of hydrogen-bond donors (Lipinski definition) is 0. The van der Waals surface area contributed by atoms with E-state index in [2.05, 4.69) is 9.97 Å². The third-order valence-corrected chi connectivity index (χ3v) is 2.98. The zero-order chi connectivity index (χ0) is 14.7. The summed E-state index contributed by atoms with van der Waals surface area (Å²) >= 11 is 5.77. The van der Waals surface area contributed by atoms with Crippen LogP contribution in [0.2, 0.25) is 5.15 Å². The van der Waals surface area contributed by atoms with E-state index in [1.807, 2.05) is 0 Å². The molecule has 0 saturated heterocycles. The summed E-state index contributed by atoms with van der Waals surface area (Å²) in [6.07, 6.45) is 1.18. The lowest BCUT2D eigenvalue weighted by Gasteiger charge is -2.18. The van der Waals surface area contributed by atoms with Gasteiger partial charge < -0.3 is 9.64 Å². The zero-order valence-electron chi connectivity index (χ0n) is 10.8. The van der Waals surface area contributed by atoms with Gasteiger partial charge in [0.05, 0.1) is 12.0 Å². The molecular weight excluding hydrogens is 284 g/mol. The topological polar surface area (TPSA) is 81.4 Å². The van der Waals surface area contributed by atoms with Crippen molar-refractivity contribution in [3.63, 3.8) is 0 Å². The van der Waals surface area contributed by atoms with Crippen molar-refractivity contribution in [2.75, 3.05) is 19.1 Å². The van der Waals surface area contributed by atoms with E-state index >= 15 is 0 Å². The third-order valence-electron chi connectivity index (χ3n) is 2.70. The molecule has 7 nitrogen and oxygen atoms in total. The number of nitrogens with zero attached hydrogens (tertiary/aromatic N) is 4. The lowest BCUT2D eigenvalue weighted by molar-refractivity contribution is -0.384. The normalized spacial score (nSPS) is 10.2. The highest BCUT2D eigenvalue weighted by Crippen LogP contribution is 2.35. The highest BCUT2D eigenvalue weighted by molar-refractivity contribution is 6.31. The molecule has 104 valence electrons. The van der Waals surface area contributed by atoms with Crippen molar-refractivity contribution in [3.05, 3.63) is 45.9 Å². The lowest BCUT2D eigenvalue weighted by Crippen LogP contribution is -2.14. The Balaban J connectivity index is 2.50. The SMILES string of the molecule is COc1cccc(N(C)c2ncnc(Cl)c2[N+](=O)[O-])c1. The number of anilines is 2. The Hall–Kier alpha value is -2.41. The molecule has 0 amide bonds. The van der Waals surface area contributed by atoms with Crippen molar-refractivity contribution < 1.29 is 9.66 Å². The van der Waals surface area contributed by atoms with Gasteiger partial charge in [0.1, 0.15) is 12.1 Å². The first-order chi connectivity index (χ1) is 9.54. The summed E-state index contributed by atoms with van der Waals surface area (Å²) < 4.78 is 5.12. The van der Waals surface area contributed by atoms with Gasteiger partial charge in [0.25, 0.3) is 0 Å². The van der Waals surface area contributed by atoms with E-state index in [9.17, 15) is 10.1 Å². The minimum Gasteiger partial charge on any atom is -0.497 e.